The number of benzene rings is 1. The smallest absolute Gasteiger partial charge is 0.159 e. The Hall–Kier alpha value is -1.00. The van der Waals surface area contributed by atoms with Crippen LogP contribution in [-0.4, -0.2) is 24.8 Å². The molecule has 1 rings (SSSR count). The van der Waals surface area contributed by atoms with Gasteiger partial charge in [0, 0.05) is 12.6 Å². The monoisotopic (exact) mass is 285 g/mol. The summed E-state index contributed by atoms with van der Waals surface area (Å²) < 4.78 is 32.2. The highest BCUT2D eigenvalue weighted by Gasteiger charge is 2.32. The number of rotatable bonds is 8. The van der Waals surface area contributed by atoms with Gasteiger partial charge in [0.05, 0.1) is 5.60 Å². The molecule has 1 aromatic rings. The van der Waals surface area contributed by atoms with Gasteiger partial charge in [0.25, 0.3) is 0 Å². The Kier molecular flexibility index (Phi) is 6.56. The molecule has 0 spiro atoms. The first-order valence-corrected chi connectivity index (χ1v) is 7.28. The SMILES string of the molecule is CCNC(Cc1ccc(F)c(F)c1)C(C)(CC)OCC. The number of nitrogens with one attached hydrogen (secondary N) is 1. The van der Waals surface area contributed by atoms with Crippen molar-refractivity contribution < 1.29 is 13.5 Å². The fraction of sp³-hybridized carbons (Fsp3) is 0.625. The van der Waals surface area contributed by atoms with Gasteiger partial charge in [-0.3, -0.25) is 0 Å². The molecule has 20 heavy (non-hydrogen) atoms. The van der Waals surface area contributed by atoms with Gasteiger partial charge in [-0.25, -0.2) is 8.78 Å². The molecule has 2 unspecified atom stereocenters. The van der Waals surface area contributed by atoms with Crippen molar-refractivity contribution in [1.82, 2.24) is 5.32 Å². The first kappa shape index (κ1) is 17.1. The second kappa shape index (κ2) is 7.70. The van der Waals surface area contributed by atoms with E-state index in [1.807, 2.05) is 13.8 Å². The van der Waals surface area contributed by atoms with Crippen LogP contribution in [0.15, 0.2) is 18.2 Å². The normalized spacial score (nSPS) is 15.9. The predicted molar refractivity (Wildman–Crippen MR) is 77.8 cm³/mol. The molecule has 114 valence electrons. The fourth-order valence-corrected chi connectivity index (χ4v) is 2.43. The van der Waals surface area contributed by atoms with E-state index in [0.717, 1.165) is 18.5 Å². The molecule has 0 fully saturated rings. The zero-order valence-corrected chi connectivity index (χ0v) is 12.8. The van der Waals surface area contributed by atoms with Crippen LogP contribution in [0.25, 0.3) is 0 Å². The third-order valence-electron chi connectivity index (χ3n) is 3.79. The highest BCUT2D eigenvalue weighted by molar-refractivity contribution is 5.19. The lowest BCUT2D eigenvalue weighted by Crippen LogP contribution is -2.51. The van der Waals surface area contributed by atoms with Gasteiger partial charge in [-0.05, 0) is 50.9 Å². The van der Waals surface area contributed by atoms with E-state index < -0.39 is 11.6 Å². The lowest BCUT2D eigenvalue weighted by Gasteiger charge is -2.37. The molecule has 0 heterocycles. The minimum absolute atomic E-state index is 0.0577. The first-order chi connectivity index (χ1) is 9.46. The van der Waals surface area contributed by atoms with Crippen LogP contribution in [0, 0.1) is 11.6 Å². The topological polar surface area (TPSA) is 21.3 Å². The maximum Gasteiger partial charge on any atom is 0.159 e. The van der Waals surface area contributed by atoms with Crippen LogP contribution in [0.5, 0.6) is 0 Å². The molecule has 0 bridgehead atoms. The van der Waals surface area contributed by atoms with Crippen molar-refractivity contribution in [3.63, 3.8) is 0 Å². The average Bonchev–Trinajstić information content (AvgIpc) is 2.42. The molecule has 0 aliphatic carbocycles. The molecule has 2 atom stereocenters. The summed E-state index contributed by atoms with van der Waals surface area (Å²) in [7, 11) is 0. The summed E-state index contributed by atoms with van der Waals surface area (Å²) >= 11 is 0. The summed E-state index contributed by atoms with van der Waals surface area (Å²) in [6, 6.07) is 4.13. The summed E-state index contributed by atoms with van der Waals surface area (Å²) in [6.07, 6.45) is 1.46. The lowest BCUT2D eigenvalue weighted by atomic mass is 9.88. The predicted octanol–water partition coefficient (Wildman–Crippen LogP) is 3.69. The van der Waals surface area contributed by atoms with Crippen molar-refractivity contribution in [2.75, 3.05) is 13.2 Å². The van der Waals surface area contributed by atoms with Crippen LogP contribution in [0.3, 0.4) is 0 Å². The number of halogens is 2. The number of hydrogen-bond donors (Lipinski definition) is 1. The Morgan fingerprint density at radius 1 is 1.20 bits per heavy atom. The van der Waals surface area contributed by atoms with Crippen LogP contribution < -0.4 is 5.32 Å². The molecule has 1 aromatic carbocycles. The Labute approximate surface area is 120 Å². The molecule has 0 aliphatic heterocycles. The maximum absolute atomic E-state index is 13.3. The highest BCUT2D eigenvalue weighted by atomic mass is 19.2. The van der Waals surface area contributed by atoms with E-state index >= 15 is 0 Å². The standard InChI is InChI=1S/C16H25F2NO/c1-5-16(4,20-7-3)15(19-6-2)11-12-8-9-13(17)14(18)10-12/h8-10,15,19H,5-7,11H2,1-4H3. The molecule has 4 heteroatoms. The van der Waals surface area contributed by atoms with Crippen molar-refractivity contribution in [1.29, 1.82) is 0 Å². The minimum Gasteiger partial charge on any atom is -0.374 e. The first-order valence-electron chi connectivity index (χ1n) is 7.28. The molecule has 0 radical (unpaired) electrons. The van der Waals surface area contributed by atoms with E-state index in [1.165, 1.54) is 12.1 Å². The highest BCUT2D eigenvalue weighted by Crippen LogP contribution is 2.24. The van der Waals surface area contributed by atoms with Crippen LogP contribution in [0.1, 0.15) is 39.7 Å². The Morgan fingerprint density at radius 3 is 2.40 bits per heavy atom. The second-order valence-electron chi connectivity index (χ2n) is 5.16. The summed E-state index contributed by atoms with van der Waals surface area (Å²) in [5.41, 5.74) is 0.449. The Bertz CT molecular complexity index is 425. The zero-order valence-electron chi connectivity index (χ0n) is 12.8. The van der Waals surface area contributed by atoms with Crippen LogP contribution in [0.2, 0.25) is 0 Å². The van der Waals surface area contributed by atoms with E-state index in [9.17, 15) is 8.78 Å². The molecule has 0 saturated carbocycles. The van der Waals surface area contributed by atoms with Gasteiger partial charge < -0.3 is 10.1 Å². The van der Waals surface area contributed by atoms with Gasteiger partial charge in [0.2, 0.25) is 0 Å². The van der Waals surface area contributed by atoms with Gasteiger partial charge in [-0.15, -0.1) is 0 Å². The van der Waals surface area contributed by atoms with E-state index in [2.05, 4.69) is 19.2 Å². The van der Waals surface area contributed by atoms with Crippen LogP contribution in [0.4, 0.5) is 8.78 Å². The summed E-state index contributed by atoms with van der Waals surface area (Å²) in [5, 5.41) is 3.40. The average molecular weight is 285 g/mol. The number of hydrogen-bond acceptors (Lipinski definition) is 2. The van der Waals surface area contributed by atoms with E-state index in [-0.39, 0.29) is 11.6 Å². The van der Waals surface area contributed by atoms with Crippen molar-refractivity contribution in [2.45, 2.75) is 52.2 Å². The summed E-state index contributed by atoms with van der Waals surface area (Å²) in [6.45, 7) is 9.56. The van der Waals surface area contributed by atoms with Crippen molar-refractivity contribution in [3.05, 3.63) is 35.4 Å². The lowest BCUT2D eigenvalue weighted by molar-refractivity contribution is -0.0547. The number of likely N-dealkylation sites (N-methyl/N-ethyl adjacent to an activating group) is 1. The van der Waals surface area contributed by atoms with Crippen molar-refractivity contribution >= 4 is 0 Å². The minimum atomic E-state index is -0.809. The second-order valence-corrected chi connectivity index (χ2v) is 5.16. The molecule has 0 amide bonds. The zero-order chi connectivity index (χ0) is 15.2. The molecule has 0 aromatic heterocycles. The summed E-state index contributed by atoms with van der Waals surface area (Å²) in [4.78, 5) is 0. The fourth-order valence-electron chi connectivity index (χ4n) is 2.43. The Morgan fingerprint density at radius 2 is 1.90 bits per heavy atom. The molecule has 0 aliphatic rings. The van der Waals surface area contributed by atoms with Gasteiger partial charge in [-0.1, -0.05) is 19.9 Å². The Balaban J connectivity index is 2.92. The maximum atomic E-state index is 13.3. The summed E-state index contributed by atoms with van der Waals surface area (Å²) in [5.74, 6) is -1.61. The van der Waals surface area contributed by atoms with Gasteiger partial charge in [-0.2, -0.15) is 0 Å². The largest absolute Gasteiger partial charge is 0.374 e. The van der Waals surface area contributed by atoms with Crippen molar-refractivity contribution in [2.24, 2.45) is 0 Å². The number of ether oxygens (including phenoxy) is 1. The molecule has 0 saturated heterocycles. The quantitative estimate of drug-likeness (QED) is 0.786. The van der Waals surface area contributed by atoms with Gasteiger partial charge in [0.1, 0.15) is 0 Å². The molecular formula is C16H25F2NO. The third kappa shape index (κ3) is 4.25. The van der Waals surface area contributed by atoms with E-state index in [0.29, 0.717) is 13.0 Å². The molecule has 2 nitrogen and oxygen atoms in total. The van der Waals surface area contributed by atoms with E-state index in [1.54, 1.807) is 6.07 Å². The van der Waals surface area contributed by atoms with Gasteiger partial charge >= 0.3 is 0 Å². The van der Waals surface area contributed by atoms with Crippen LogP contribution in [-0.2, 0) is 11.2 Å². The van der Waals surface area contributed by atoms with Crippen LogP contribution >= 0.6 is 0 Å². The van der Waals surface area contributed by atoms with Gasteiger partial charge in [0.15, 0.2) is 11.6 Å². The van der Waals surface area contributed by atoms with Crippen molar-refractivity contribution in [3.8, 4) is 0 Å². The third-order valence-corrected chi connectivity index (χ3v) is 3.79. The molecule has 1 N–H and O–H groups in total. The molecular weight excluding hydrogens is 260 g/mol. The van der Waals surface area contributed by atoms with E-state index in [4.69, 9.17) is 4.74 Å².